The monoisotopic (exact) mass is 274 g/mol. The van der Waals surface area contributed by atoms with Crippen molar-refractivity contribution in [2.75, 3.05) is 32.1 Å². The van der Waals surface area contributed by atoms with Gasteiger partial charge in [0.1, 0.15) is 5.82 Å². The van der Waals surface area contributed by atoms with Gasteiger partial charge in [-0.1, -0.05) is 0 Å². The summed E-state index contributed by atoms with van der Waals surface area (Å²) in [5, 5.41) is 3.30. The molecule has 2 saturated heterocycles. The standard InChI is InChI=1S/C16H26N4/c1-12(17-2)13-6-8-18-16(10-13)20-9-7-14-4-5-15(11-20)19(14)3/h6,8,10,12,14-15,17H,4-5,7,9,11H2,1-3H3. The summed E-state index contributed by atoms with van der Waals surface area (Å²) in [6.45, 7) is 4.45. The summed E-state index contributed by atoms with van der Waals surface area (Å²) in [7, 11) is 4.30. The molecule has 3 unspecified atom stereocenters. The number of hydrogen-bond donors (Lipinski definition) is 1. The summed E-state index contributed by atoms with van der Waals surface area (Å²) in [5.74, 6) is 1.14. The summed E-state index contributed by atoms with van der Waals surface area (Å²) >= 11 is 0. The zero-order valence-electron chi connectivity index (χ0n) is 12.8. The van der Waals surface area contributed by atoms with Gasteiger partial charge in [0.2, 0.25) is 0 Å². The number of nitrogens with one attached hydrogen (secondary N) is 1. The number of pyridine rings is 1. The Kier molecular flexibility index (Phi) is 3.94. The lowest BCUT2D eigenvalue weighted by atomic mass is 10.1. The minimum atomic E-state index is 0.378. The molecule has 3 heterocycles. The minimum absolute atomic E-state index is 0.378. The Morgan fingerprint density at radius 1 is 1.30 bits per heavy atom. The molecule has 0 aromatic carbocycles. The highest BCUT2D eigenvalue weighted by molar-refractivity contribution is 5.42. The third-order valence-corrected chi connectivity index (χ3v) is 5.17. The third kappa shape index (κ3) is 2.54. The predicted octanol–water partition coefficient (Wildman–Crippen LogP) is 2.03. The zero-order valence-corrected chi connectivity index (χ0v) is 12.8. The predicted molar refractivity (Wildman–Crippen MR) is 83.1 cm³/mol. The molecule has 0 radical (unpaired) electrons. The van der Waals surface area contributed by atoms with E-state index in [9.17, 15) is 0 Å². The summed E-state index contributed by atoms with van der Waals surface area (Å²) in [5.41, 5.74) is 1.32. The van der Waals surface area contributed by atoms with Crippen molar-refractivity contribution in [2.24, 2.45) is 0 Å². The van der Waals surface area contributed by atoms with Gasteiger partial charge in [-0.2, -0.15) is 0 Å². The molecule has 20 heavy (non-hydrogen) atoms. The Bertz CT molecular complexity index is 462. The normalized spacial score (nSPS) is 28.4. The topological polar surface area (TPSA) is 31.4 Å². The Morgan fingerprint density at radius 2 is 2.10 bits per heavy atom. The molecule has 2 aliphatic heterocycles. The van der Waals surface area contributed by atoms with Crippen molar-refractivity contribution in [1.29, 1.82) is 0 Å². The van der Waals surface area contributed by atoms with Crippen molar-refractivity contribution < 1.29 is 0 Å². The maximum atomic E-state index is 4.61. The Morgan fingerprint density at radius 3 is 2.90 bits per heavy atom. The van der Waals surface area contributed by atoms with Crippen molar-refractivity contribution in [3.8, 4) is 0 Å². The average molecular weight is 274 g/mol. The fourth-order valence-electron chi connectivity index (χ4n) is 3.56. The average Bonchev–Trinajstić information content (AvgIpc) is 2.71. The fraction of sp³-hybridized carbons (Fsp3) is 0.688. The van der Waals surface area contributed by atoms with E-state index >= 15 is 0 Å². The highest BCUT2D eigenvalue weighted by Gasteiger charge is 2.34. The number of hydrogen-bond acceptors (Lipinski definition) is 4. The lowest BCUT2D eigenvalue weighted by Gasteiger charge is -2.27. The molecule has 0 spiro atoms. The summed E-state index contributed by atoms with van der Waals surface area (Å²) in [6.07, 6.45) is 5.93. The van der Waals surface area contributed by atoms with E-state index in [-0.39, 0.29) is 0 Å². The molecule has 3 atom stereocenters. The Labute approximate surface area is 122 Å². The van der Waals surface area contributed by atoms with Crippen LogP contribution in [0.5, 0.6) is 0 Å². The molecule has 1 N–H and O–H groups in total. The smallest absolute Gasteiger partial charge is 0.128 e. The number of fused-ring (bicyclic) bond motifs is 2. The molecule has 4 heteroatoms. The minimum Gasteiger partial charge on any atom is -0.355 e. The van der Waals surface area contributed by atoms with E-state index in [1.807, 2.05) is 13.2 Å². The van der Waals surface area contributed by atoms with Crippen LogP contribution in [0, 0.1) is 0 Å². The van der Waals surface area contributed by atoms with Crippen LogP contribution in [0.25, 0.3) is 0 Å². The molecular formula is C16H26N4. The van der Waals surface area contributed by atoms with E-state index in [4.69, 9.17) is 0 Å². The van der Waals surface area contributed by atoms with Crippen LogP contribution in [0.3, 0.4) is 0 Å². The van der Waals surface area contributed by atoms with Gasteiger partial charge in [0.15, 0.2) is 0 Å². The molecule has 1 aromatic heterocycles. The molecule has 2 aliphatic rings. The first kappa shape index (κ1) is 13.8. The molecule has 0 aliphatic carbocycles. The highest BCUT2D eigenvalue weighted by atomic mass is 15.3. The molecule has 4 nitrogen and oxygen atoms in total. The number of aromatic nitrogens is 1. The van der Waals surface area contributed by atoms with Gasteiger partial charge in [0.05, 0.1) is 0 Å². The third-order valence-electron chi connectivity index (χ3n) is 5.17. The van der Waals surface area contributed by atoms with Crippen molar-refractivity contribution in [1.82, 2.24) is 15.2 Å². The second-order valence-electron chi connectivity index (χ2n) is 6.24. The van der Waals surface area contributed by atoms with E-state index in [0.717, 1.165) is 24.9 Å². The molecule has 2 fully saturated rings. The largest absolute Gasteiger partial charge is 0.355 e. The van der Waals surface area contributed by atoms with Crippen molar-refractivity contribution >= 4 is 5.82 Å². The molecule has 2 bridgehead atoms. The molecule has 1 aromatic rings. The summed E-state index contributed by atoms with van der Waals surface area (Å²) in [6, 6.07) is 6.22. The zero-order chi connectivity index (χ0) is 14.1. The van der Waals surface area contributed by atoms with Crippen LogP contribution >= 0.6 is 0 Å². The Hall–Kier alpha value is -1.13. The van der Waals surface area contributed by atoms with Gasteiger partial charge in [0, 0.05) is 37.4 Å². The van der Waals surface area contributed by atoms with E-state index < -0.39 is 0 Å². The van der Waals surface area contributed by atoms with Crippen LogP contribution in [0.1, 0.15) is 37.8 Å². The number of nitrogens with zero attached hydrogens (tertiary/aromatic N) is 3. The summed E-state index contributed by atoms with van der Waals surface area (Å²) in [4.78, 5) is 9.67. The molecule has 3 rings (SSSR count). The second kappa shape index (κ2) is 5.70. The van der Waals surface area contributed by atoms with Crippen LogP contribution in [0.2, 0.25) is 0 Å². The quantitative estimate of drug-likeness (QED) is 0.914. The van der Waals surface area contributed by atoms with Crippen LogP contribution < -0.4 is 10.2 Å². The lowest BCUT2D eigenvalue weighted by molar-refractivity contribution is 0.254. The van der Waals surface area contributed by atoms with Gasteiger partial charge in [-0.25, -0.2) is 4.98 Å². The first-order valence-electron chi connectivity index (χ1n) is 7.79. The molecule has 110 valence electrons. The number of rotatable bonds is 3. The van der Waals surface area contributed by atoms with Gasteiger partial charge in [-0.3, -0.25) is 4.90 Å². The van der Waals surface area contributed by atoms with Gasteiger partial charge in [-0.05, 0) is 58.0 Å². The van der Waals surface area contributed by atoms with Gasteiger partial charge in [-0.15, -0.1) is 0 Å². The number of likely N-dealkylation sites (N-methyl/N-ethyl adjacent to an activating group) is 1. The van der Waals surface area contributed by atoms with Crippen molar-refractivity contribution in [2.45, 2.75) is 44.3 Å². The molecule has 0 amide bonds. The molecular weight excluding hydrogens is 248 g/mol. The van der Waals surface area contributed by atoms with Crippen LogP contribution in [0.15, 0.2) is 18.3 Å². The summed E-state index contributed by atoms with van der Waals surface area (Å²) < 4.78 is 0. The highest BCUT2D eigenvalue weighted by Crippen LogP contribution is 2.30. The SMILES string of the molecule is CNC(C)c1ccnc(N2CCC3CCC(C2)N3C)c1. The second-order valence-corrected chi connectivity index (χ2v) is 6.24. The fourth-order valence-corrected chi connectivity index (χ4v) is 3.56. The first-order chi connectivity index (χ1) is 9.69. The van der Waals surface area contributed by atoms with E-state index in [1.165, 1.54) is 24.8 Å². The van der Waals surface area contributed by atoms with E-state index in [2.05, 4.69) is 46.2 Å². The van der Waals surface area contributed by atoms with Crippen molar-refractivity contribution in [3.05, 3.63) is 23.9 Å². The van der Waals surface area contributed by atoms with Crippen LogP contribution in [-0.4, -0.2) is 49.2 Å². The number of anilines is 1. The maximum Gasteiger partial charge on any atom is 0.128 e. The Balaban J connectivity index is 1.79. The first-order valence-corrected chi connectivity index (χ1v) is 7.79. The van der Waals surface area contributed by atoms with E-state index in [0.29, 0.717) is 12.1 Å². The van der Waals surface area contributed by atoms with E-state index in [1.54, 1.807) is 0 Å². The van der Waals surface area contributed by atoms with Crippen LogP contribution in [0.4, 0.5) is 5.82 Å². The maximum absolute atomic E-state index is 4.61. The van der Waals surface area contributed by atoms with Gasteiger partial charge < -0.3 is 10.2 Å². The van der Waals surface area contributed by atoms with Gasteiger partial charge in [0.25, 0.3) is 0 Å². The van der Waals surface area contributed by atoms with Crippen molar-refractivity contribution in [3.63, 3.8) is 0 Å². The lowest BCUT2D eigenvalue weighted by Crippen LogP contribution is -2.37. The van der Waals surface area contributed by atoms with Crippen LogP contribution in [-0.2, 0) is 0 Å². The molecule has 0 saturated carbocycles. The van der Waals surface area contributed by atoms with Gasteiger partial charge >= 0.3 is 0 Å².